The Balaban J connectivity index is 1.43. The molecule has 0 atom stereocenters. The van der Waals surface area contributed by atoms with Gasteiger partial charge in [-0.2, -0.15) is 5.26 Å². The zero-order valence-electron chi connectivity index (χ0n) is 18.7. The predicted molar refractivity (Wildman–Crippen MR) is 134 cm³/mol. The van der Waals surface area contributed by atoms with Crippen LogP contribution in [0.2, 0.25) is 0 Å². The maximum Gasteiger partial charge on any atom is 0.348 e. The number of aromatic nitrogens is 1. The molecule has 0 spiro atoms. The summed E-state index contributed by atoms with van der Waals surface area (Å²) >= 11 is 2.84. The summed E-state index contributed by atoms with van der Waals surface area (Å²) in [5, 5.41) is 18.6. The van der Waals surface area contributed by atoms with Crippen molar-refractivity contribution in [2.75, 3.05) is 24.6 Å². The first-order chi connectivity index (χ1) is 16.1. The number of esters is 1. The summed E-state index contributed by atoms with van der Waals surface area (Å²) in [4.78, 5) is 20.6. The number of nitrogens with zero attached hydrogens (tertiary/aromatic N) is 5. The second-order valence-corrected chi connectivity index (χ2v) is 9.74. The topological polar surface area (TPSA) is 90.9 Å². The van der Waals surface area contributed by atoms with E-state index in [1.807, 2.05) is 18.2 Å². The van der Waals surface area contributed by atoms with Crippen LogP contribution >= 0.6 is 22.7 Å². The van der Waals surface area contributed by atoms with Crippen LogP contribution in [0.1, 0.15) is 43.6 Å². The predicted octanol–water partition coefficient (Wildman–Crippen LogP) is 6.80. The number of benzene rings is 1. The van der Waals surface area contributed by atoms with Crippen molar-refractivity contribution in [3.8, 4) is 6.07 Å². The number of azo groups is 1. The van der Waals surface area contributed by atoms with E-state index in [2.05, 4.69) is 46.1 Å². The van der Waals surface area contributed by atoms with Gasteiger partial charge in [0.15, 0.2) is 0 Å². The highest BCUT2D eigenvalue weighted by Crippen LogP contribution is 2.36. The van der Waals surface area contributed by atoms with Crippen LogP contribution in [0.15, 0.2) is 40.1 Å². The lowest BCUT2D eigenvalue weighted by Crippen LogP contribution is -2.18. The van der Waals surface area contributed by atoms with E-state index in [1.54, 1.807) is 6.08 Å². The van der Waals surface area contributed by atoms with Crippen LogP contribution < -0.4 is 4.90 Å². The van der Waals surface area contributed by atoms with E-state index in [-0.39, 0.29) is 5.57 Å². The molecule has 7 nitrogen and oxygen atoms in total. The normalized spacial score (nSPS) is 13.6. The summed E-state index contributed by atoms with van der Waals surface area (Å²) in [5.41, 5.74) is 3.42. The molecule has 0 radical (unpaired) electrons. The molecule has 33 heavy (non-hydrogen) atoms. The number of likely N-dealkylation sites (N-methyl/N-ethyl adjacent to an activating group) is 1. The molecule has 0 aliphatic carbocycles. The van der Waals surface area contributed by atoms with Crippen LogP contribution in [0.25, 0.3) is 15.6 Å². The fourth-order valence-corrected chi connectivity index (χ4v) is 5.66. The Kier molecular flexibility index (Phi) is 7.47. The maximum absolute atomic E-state index is 12.1. The Labute approximate surface area is 201 Å². The fraction of sp³-hybridized carbons (Fsp3) is 0.375. The maximum atomic E-state index is 12.1. The molecule has 0 fully saturated rings. The second kappa shape index (κ2) is 10.7. The number of rotatable bonds is 9. The first-order valence-electron chi connectivity index (χ1n) is 11.1. The molecule has 0 unspecified atom stereocenters. The molecule has 0 saturated carbocycles. The second-order valence-electron chi connectivity index (χ2n) is 7.67. The van der Waals surface area contributed by atoms with Crippen molar-refractivity contribution in [3.05, 3.63) is 40.3 Å². The van der Waals surface area contributed by atoms with Gasteiger partial charge in [-0.1, -0.05) is 31.1 Å². The van der Waals surface area contributed by atoms with E-state index in [0.717, 1.165) is 58.9 Å². The van der Waals surface area contributed by atoms with Gasteiger partial charge in [-0.3, -0.25) is 0 Å². The summed E-state index contributed by atoms with van der Waals surface area (Å²) in [6.07, 6.45) is 5.44. The lowest BCUT2D eigenvalue weighted by Gasteiger charge is -2.16. The lowest BCUT2D eigenvalue weighted by molar-refractivity contribution is -0.138. The van der Waals surface area contributed by atoms with Gasteiger partial charge in [0, 0.05) is 23.7 Å². The Morgan fingerprint density at radius 2 is 2.15 bits per heavy atom. The Morgan fingerprint density at radius 3 is 2.91 bits per heavy atom. The number of hydrogen-bond donors (Lipinski definition) is 0. The zero-order chi connectivity index (χ0) is 23.2. The average Bonchev–Trinajstić information content (AvgIpc) is 3.51. The van der Waals surface area contributed by atoms with Crippen molar-refractivity contribution in [1.29, 1.82) is 5.26 Å². The van der Waals surface area contributed by atoms with Gasteiger partial charge in [0.2, 0.25) is 5.13 Å². The highest BCUT2D eigenvalue weighted by Gasteiger charge is 2.17. The van der Waals surface area contributed by atoms with Gasteiger partial charge in [-0.25, -0.2) is 9.78 Å². The van der Waals surface area contributed by atoms with Gasteiger partial charge in [0.25, 0.3) is 0 Å². The number of nitriles is 1. The van der Waals surface area contributed by atoms with Gasteiger partial charge in [0.1, 0.15) is 16.5 Å². The monoisotopic (exact) mass is 479 g/mol. The molecule has 1 aliphatic heterocycles. The largest absolute Gasteiger partial charge is 0.462 e. The van der Waals surface area contributed by atoms with Gasteiger partial charge >= 0.3 is 5.97 Å². The molecular weight excluding hydrogens is 454 g/mol. The highest BCUT2D eigenvalue weighted by atomic mass is 32.1. The van der Waals surface area contributed by atoms with Gasteiger partial charge in [-0.15, -0.1) is 21.6 Å². The Hall–Kier alpha value is -3.09. The molecule has 1 aromatic carbocycles. The summed E-state index contributed by atoms with van der Waals surface area (Å²) in [7, 11) is 0. The molecule has 0 N–H and O–H groups in total. The minimum absolute atomic E-state index is 0.00133. The number of fused-ring (bicyclic) bond motifs is 2. The smallest absolute Gasteiger partial charge is 0.348 e. The fourth-order valence-electron chi connectivity index (χ4n) is 3.68. The Morgan fingerprint density at radius 1 is 1.27 bits per heavy atom. The SMILES string of the molecule is CCCCCOC(=O)/C(C#N)=C/c1cc2sc(N=Nc3ccc4c(c3)CCN4CC)nc2s1. The quantitative estimate of drug-likeness (QED) is 0.111. The minimum atomic E-state index is -0.579. The molecule has 170 valence electrons. The van der Waals surface area contributed by atoms with Gasteiger partial charge < -0.3 is 9.64 Å². The Bertz CT molecular complexity index is 1220. The van der Waals surface area contributed by atoms with Crippen molar-refractivity contribution in [1.82, 2.24) is 4.98 Å². The first kappa shape index (κ1) is 23.1. The van der Waals surface area contributed by atoms with E-state index >= 15 is 0 Å². The summed E-state index contributed by atoms with van der Waals surface area (Å²) in [5.74, 6) is -0.579. The molecule has 9 heteroatoms. The third-order valence-corrected chi connectivity index (χ3v) is 7.38. The molecular formula is C24H25N5O2S2. The standard InChI is InChI=1S/C24H25N5O2S2/c1-3-5-6-11-31-23(30)17(15-25)13-19-14-21-22(32-19)26-24(33-21)28-27-18-7-8-20-16(12-18)9-10-29(20)4-2/h7-8,12-14H,3-6,9-11H2,1-2H3/b17-13+,28-27?. The van der Waals surface area contributed by atoms with E-state index in [9.17, 15) is 10.1 Å². The molecule has 0 amide bonds. The van der Waals surface area contributed by atoms with Crippen LogP contribution in [-0.2, 0) is 16.0 Å². The number of ether oxygens (including phenoxy) is 1. The number of anilines is 1. The lowest BCUT2D eigenvalue weighted by atomic mass is 10.1. The van der Waals surface area contributed by atoms with Crippen LogP contribution in [0, 0.1) is 11.3 Å². The van der Waals surface area contributed by atoms with Crippen molar-refractivity contribution < 1.29 is 9.53 Å². The number of thiophene rings is 1. The van der Waals surface area contributed by atoms with Crippen molar-refractivity contribution in [3.63, 3.8) is 0 Å². The van der Waals surface area contributed by atoms with Gasteiger partial charge in [0.05, 0.1) is 17.0 Å². The summed E-state index contributed by atoms with van der Waals surface area (Å²) in [6.45, 7) is 6.65. The van der Waals surface area contributed by atoms with Crippen LogP contribution in [-0.4, -0.2) is 30.6 Å². The van der Waals surface area contributed by atoms with Crippen LogP contribution in [0.5, 0.6) is 0 Å². The molecule has 2 aromatic heterocycles. The third kappa shape index (κ3) is 5.46. The van der Waals surface area contributed by atoms with Gasteiger partial charge in [-0.05, 0) is 55.7 Å². The van der Waals surface area contributed by atoms with Crippen LogP contribution in [0.3, 0.4) is 0 Å². The zero-order valence-corrected chi connectivity index (χ0v) is 20.3. The summed E-state index contributed by atoms with van der Waals surface area (Å²) in [6, 6.07) is 10.0. The number of thiazole rings is 1. The molecule has 3 heterocycles. The number of carbonyl (C=O) groups is 1. The molecule has 3 aromatic rings. The van der Waals surface area contributed by atoms with Crippen molar-refractivity contribution >= 4 is 60.8 Å². The van der Waals surface area contributed by atoms with E-state index in [0.29, 0.717) is 11.7 Å². The van der Waals surface area contributed by atoms with E-state index in [1.165, 1.54) is 33.9 Å². The molecule has 1 aliphatic rings. The third-order valence-electron chi connectivity index (χ3n) is 5.39. The first-order valence-corrected chi connectivity index (χ1v) is 12.7. The molecule has 0 bridgehead atoms. The number of hydrogen-bond acceptors (Lipinski definition) is 9. The van der Waals surface area contributed by atoms with Crippen molar-refractivity contribution in [2.45, 2.75) is 39.5 Å². The highest BCUT2D eigenvalue weighted by molar-refractivity contribution is 7.29. The van der Waals surface area contributed by atoms with Crippen molar-refractivity contribution in [2.24, 2.45) is 10.2 Å². The minimum Gasteiger partial charge on any atom is -0.462 e. The summed E-state index contributed by atoms with van der Waals surface area (Å²) < 4.78 is 6.14. The average molecular weight is 480 g/mol. The van der Waals surface area contributed by atoms with Crippen LogP contribution in [0.4, 0.5) is 16.5 Å². The van der Waals surface area contributed by atoms with E-state index < -0.39 is 5.97 Å². The number of unbranched alkanes of at least 4 members (excludes halogenated alkanes) is 2. The molecule has 4 rings (SSSR count). The molecule has 0 saturated heterocycles. The van der Waals surface area contributed by atoms with E-state index in [4.69, 9.17) is 4.74 Å². The number of carbonyl (C=O) groups excluding carboxylic acids is 1.